The van der Waals surface area contributed by atoms with Crippen molar-refractivity contribution in [3.05, 3.63) is 29.3 Å². The van der Waals surface area contributed by atoms with Crippen molar-refractivity contribution in [2.45, 2.75) is 19.1 Å². The Morgan fingerprint density at radius 1 is 1.39 bits per heavy atom. The van der Waals surface area contributed by atoms with Gasteiger partial charge >= 0.3 is 5.97 Å². The first-order valence-corrected chi connectivity index (χ1v) is 7.63. The van der Waals surface area contributed by atoms with Gasteiger partial charge < -0.3 is 10.5 Å². The maximum atomic E-state index is 11.7. The molecule has 0 aromatic heterocycles. The van der Waals surface area contributed by atoms with Crippen LogP contribution < -0.4 is 5.73 Å². The number of carbonyl (C=O) groups excluding carboxylic acids is 1. The van der Waals surface area contributed by atoms with E-state index in [1.165, 1.54) is 12.1 Å². The fourth-order valence-electron chi connectivity index (χ4n) is 1.45. The lowest BCUT2D eigenvalue weighted by atomic mass is 10.1. The van der Waals surface area contributed by atoms with Crippen LogP contribution in [0.3, 0.4) is 0 Å². The van der Waals surface area contributed by atoms with Gasteiger partial charge in [-0.1, -0.05) is 13.0 Å². The van der Waals surface area contributed by atoms with Crippen molar-refractivity contribution in [1.82, 2.24) is 0 Å². The predicted octanol–water partition coefficient (Wildman–Crippen LogP) is 1.38. The summed E-state index contributed by atoms with van der Waals surface area (Å²) in [5.74, 6) is -0.647. The average molecular weight is 271 g/mol. The molecule has 0 aliphatic heterocycles. The molecule has 1 aromatic carbocycles. The van der Waals surface area contributed by atoms with Gasteiger partial charge in [0.1, 0.15) is 0 Å². The van der Waals surface area contributed by atoms with Gasteiger partial charge in [0.25, 0.3) is 0 Å². The van der Waals surface area contributed by atoms with Crippen LogP contribution in [0.15, 0.2) is 18.2 Å². The summed E-state index contributed by atoms with van der Waals surface area (Å²) in [5, 5.41) is 0. The van der Waals surface area contributed by atoms with Crippen molar-refractivity contribution in [2.24, 2.45) is 0 Å². The molecule has 5 nitrogen and oxygen atoms in total. The minimum absolute atomic E-state index is 0.124. The van der Waals surface area contributed by atoms with Gasteiger partial charge in [-0.25, -0.2) is 13.2 Å². The summed E-state index contributed by atoms with van der Waals surface area (Å²) in [7, 11) is -3.14. The minimum atomic E-state index is -3.14. The van der Waals surface area contributed by atoms with Crippen LogP contribution in [0.25, 0.3) is 0 Å². The Bertz CT molecular complexity index is 537. The molecule has 18 heavy (non-hydrogen) atoms. The van der Waals surface area contributed by atoms with Crippen molar-refractivity contribution in [3.8, 4) is 0 Å². The highest BCUT2D eigenvalue weighted by Crippen LogP contribution is 2.17. The summed E-state index contributed by atoms with van der Waals surface area (Å²) in [4.78, 5) is 11.7. The summed E-state index contributed by atoms with van der Waals surface area (Å²) in [6.07, 6.45) is 1.85. The van der Waals surface area contributed by atoms with Crippen LogP contribution in [0.5, 0.6) is 0 Å². The highest BCUT2D eigenvalue weighted by Gasteiger charge is 2.13. The molecule has 0 saturated carbocycles. The Hall–Kier alpha value is -1.56. The Labute approximate surface area is 107 Å². The first-order chi connectivity index (χ1) is 8.33. The third-order valence-corrected chi connectivity index (χ3v) is 3.06. The zero-order chi connectivity index (χ0) is 13.8. The first kappa shape index (κ1) is 14.5. The van der Waals surface area contributed by atoms with E-state index in [0.717, 1.165) is 6.26 Å². The van der Waals surface area contributed by atoms with E-state index in [-0.39, 0.29) is 17.0 Å². The molecule has 0 saturated heterocycles. The fraction of sp³-hybridized carbons (Fsp3) is 0.417. The normalized spacial score (nSPS) is 11.2. The van der Waals surface area contributed by atoms with Gasteiger partial charge in [0.15, 0.2) is 9.84 Å². The second-order valence-electron chi connectivity index (χ2n) is 4.13. The summed E-state index contributed by atoms with van der Waals surface area (Å²) >= 11 is 0. The topological polar surface area (TPSA) is 86.5 Å². The molecular weight excluding hydrogens is 254 g/mol. The van der Waals surface area contributed by atoms with Crippen molar-refractivity contribution in [1.29, 1.82) is 0 Å². The number of esters is 1. The molecule has 0 radical (unpaired) electrons. The largest absolute Gasteiger partial charge is 0.462 e. The number of rotatable bonds is 5. The molecule has 0 spiro atoms. The van der Waals surface area contributed by atoms with E-state index >= 15 is 0 Å². The number of sulfone groups is 1. The minimum Gasteiger partial charge on any atom is -0.462 e. The van der Waals surface area contributed by atoms with E-state index in [4.69, 9.17) is 10.5 Å². The van der Waals surface area contributed by atoms with Gasteiger partial charge in [0.2, 0.25) is 0 Å². The Balaban J connectivity index is 2.97. The Kier molecular flexibility index (Phi) is 4.72. The van der Waals surface area contributed by atoms with E-state index < -0.39 is 15.8 Å². The molecule has 0 unspecified atom stereocenters. The molecule has 0 fully saturated rings. The summed E-state index contributed by atoms with van der Waals surface area (Å²) in [5.41, 5.74) is 6.70. The molecule has 0 heterocycles. The van der Waals surface area contributed by atoms with Crippen LogP contribution in [0.1, 0.15) is 29.3 Å². The second-order valence-corrected chi connectivity index (χ2v) is 6.27. The molecule has 6 heteroatoms. The van der Waals surface area contributed by atoms with Crippen LogP contribution in [0.2, 0.25) is 0 Å². The molecule has 0 aliphatic rings. The van der Waals surface area contributed by atoms with E-state index in [2.05, 4.69) is 0 Å². The number of hydrogen-bond donors (Lipinski definition) is 1. The molecule has 0 atom stereocenters. The highest BCUT2D eigenvalue weighted by atomic mass is 32.2. The first-order valence-electron chi connectivity index (χ1n) is 5.56. The molecule has 0 amide bonds. The van der Waals surface area contributed by atoms with Crippen molar-refractivity contribution >= 4 is 21.5 Å². The van der Waals surface area contributed by atoms with Crippen molar-refractivity contribution < 1.29 is 17.9 Å². The maximum absolute atomic E-state index is 11.7. The molecule has 100 valence electrons. The average Bonchev–Trinajstić information content (AvgIpc) is 2.26. The van der Waals surface area contributed by atoms with Gasteiger partial charge in [-0.15, -0.1) is 0 Å². The number of hydrogen-bond acceptors (Lipinski definition) is 5. The molecule has 1 rings (SSSR count). The summed E-state index contributed by atoms with van der Waals surface area (Å²) < 4.78 is 27.4. The zero-order valence-electron chi connectivity index (χ0n) is 10.5. The summed E-state index contributed by atoms with van der Waals surface area (Å²) in [6.45, 7) is 2.20. The van der Waals surface area contributed by atoms with Gasteiger partial charge in [-0.2, -0.15) is 0 Å². The fourth-order valence-corrected chi connectivity index (χ4v) is 2.23. The van der Waals surface area contributed by atoms with Crippen LogP contribution in [0, 0.1) is 0 Å². The molecular formula is C12H17NO4S. The maximum Gasteiger partial charge on any atom is 0.340 e. The SMILES string of the molecule is CCCOC(=O)c1cc(CS(C)(=O)=O)ccc1N. The second kappa shape index (κ2) is 5.86. The van der Waals surface area contributed by atoms with Gasteiger partial charge in [0, 0.05) is 11.9 Å². The van der Waals surface area contributed by atoms with Crippen LogP contribution in [-0.4, -0.2) is 27.2 Å². The molecule has 0 bridgehead atoms. The third-order valence-electron chi connectivity index (χ3n) is 2.20. The quantitative estimate of drug-likeness (QED) is 0.646. The number of nitrogens with two attached hydrogens (primary N) is 1. The predicted molar refractivity (Wildman–Crippen MR) is 70.0 cm³/mol. The number of benzene rings is 1. The summed E-state index contributed by atoms with van der Waals surface area (Å²) in [6, 6.07) is 4.57. The lowest BCUT2D eigenvalue weighted by molar-refractivity contribution is 0.0506. The van der Waals surface area contributed by atoms with Crippen LogP contribution in [0.4, 0.5) is 5.69 Å². The molecule has 0 aliphatic carbocycles. The van der Waals surface area contributed by atoms with E-state index in [1.807, 2.05) is 6.92 Å². The number of ether oxygens (including phenoxy) is 1. The highest BCUT2D eigenvalue weighted by molar-refractivity contribution is 7.89. The van der Waals surface area contributed by atoms with Gasteiger partial charge in [-0.3, -0.25) is 0 Å². The van der Waals surface area contributed by atoms with Crippen LogP contribution in [-0.2, 0) is 20.3 Å². The Morgan fingerprint density at radius 2 is 2.06 bits per heavy atom. The number of carbonyl (C=O) groups is 1. The molecule has 2 N–H and O–H groups in total. The zero-order valence-corrected chi connectivity index (χ0v) is 11.3. The van der Waals surface area contributed by atoms with Gasteiger partial charge in [0.05, 0.1) is 17.9 Å². The van der Waals surface area contributed by atoms with E-state index in [9.17, 15) is 13.2 Å². The Morgan fingerprint density at radius 3 is 2.61 bits per heavy atom. The lowest BCUT2D eigenvalue weighted by Crippen LogP contribution is -2.10. The standard InChI is InChI=1S/C12H17NO4S/c1-3-6-17-12(14)10-7-9(4-5-11(10)13)8-18(2,15)16/h4-5,7H,3,6,8,13H2,1-2H3. The van der Waals surface area contributed by atoms with E-state index in [1.54, 1.807) is 6.07 Å². The molecule has 1 aromatic rings. The van der Waals surface area contributed by atoms with E-state index in [0.29, 0.717) is 18.6 Å². The number of nitrogen functional groups attached to an aromatic ring is 1. The van der Waals surface area contributed by atoms with Gasteiger partial charge in [-0.05, 0) is 24.1 Å². The monoisotopic (exact) mass is 271 g/mol. The lowest BCUT2D eigenvalue weighted by Gasteiger charge is -2.08. The smallest absolute Gasteiger partial charge is 0.340 e. The van der Waals surface area contributed by atoms with Crippen LogP contribution >= 0.6 is 0 Å². The van der Waals surface area contributed by atoms with Crippen molar-refractivity contribution in [2.75, 3.05) is 18.6 Å². The number of anilines is 1. The van der Waals surface area contributed by atoms with Crippen molar-refractivity contribution in [3.63, 3.8) is 0 Å². The third kappa shape index (κ3) is 4.37.